The number of pyridine rings is 1. The van der Waals surface area contributed by atoms with Crippen molar-refractivity contribution in [1.29, 1.82) is 0 Å². The van der Waals surface area contributed by atoms with Gasteiger partial charge in [0.05, 0.1) is 16.8 Å². The van der Waals surface area contributed by atoms with Gasteiger partial charge < -0.3 is 5.32 Å². The summed E-state index contributed by atoms with van der Waals surface area (Å²) in [4.78, 5) is 4.57. The summed E-state index contributed by atoms with van der Waals surface area (Å²) < 4.78 is 27.8. The zero-order chi connectivity index (χ0) is 19.4. The normalized spacial score (nSPS) is 11.2. The molecule has 0 bridgehead atoms. The molecule has 2 aromatic carbocycles. The van der Waals surface area contributed by atoms with E-state index >= 15 is 0 Å². The van der Waals surface area contributed by atoms with E-state index in [0.29, 0.717) is 23.6 Å². The standard InChI is InChI=1S/C21H23N3O2S/c1-15-5-4-6-18(12-15)13-22-21-10-8-19(14-23-21)24-27(25,26)20-9-7-16(2)11-17(20)3/h4-12,14,24H,13H2,1-3H3,(H,22,23). The van der Waals surface area contributed by atoms with Gasteiger partial charge in [0.2, 0.25) is 0 Å². The molecule has 0 radical (unpaired) electrons. The van der Waals surface area contributed by atoms with Gasteiger partial charge in [-0.3, -0.25) is 4.72 Å². The minimum absolute atomic E-state index is 0.273. The molecule has 2 N–H and O–H groups in total. The van der Waals surface area contributed by atoms with Crippen LogP contribution >= 0.6 is 0 Å². The van der Waals surface area contributed by atoms with E-state index in [1.54, 1.807) is 31.2 Å². The van der Waals surface area contributed by atoms with E-state index in [9.17, 15) is 8.42 Å². The maximum absolute atomic E-state index is 12.6. The van der Waals surface area contributed by atoms with Crippen molar-refractivity contribution in [3.8, 4) is 0 Å². The molecule has 0 unspecified atom stereocenters. The summed E-state index contributed by atoms with van der Waals surface area (Å²) in [7, 11) is -3.64. The van der Waals surface area contributed by atoms with Crippen molar-refractivity contribution in [2.75, 3.05) is 10.0 Å². The van der Waals surface area contributed by atoms with E-state index < -0.39 is 10.0 Å². The second-order valence-corrected chi connectivity index (χ2v) is 8.30. The van der Waals surface area contributed by atoms with Crippen molar-refractivity contribution >= 4 is 21.5 Å². The second kappa shape index (κ2) is 7.80. The summed E-state index contributed by atoms with van der Waals surface area (Å²) in [6, 6.07) is 17.0. The molecule has 3 rings (SSSR count). The molecule has 140 valence electrons. The number of nitrogens with zero attached hydrogens (tertiary/aromatic N) is 1. The fourth-order valence-electron chi connectivity index (χ4n) is 2.88. The highest BCUT2D eigenvalue weighted by Crippen LogP contribution is 2.20. The summed E-state index contributed by atoms with van der Waals surface area (Å²) in [5.41, 5.74) is 4.54. The lowest BCUT2D eigenvalue weighted by atomic mass is 10.1. The average molecular weight is 382 g/mol. The third-order valence-electron chi connectivity index (χ3n) is 4.19. The van der Waals surface area contributed by atoms with Gasteiger partial charge in [0, 0.05) is 6.54 Å². The van der Waals surface area contributed by atoms with Crippen LogP contribution in [0.4, 0.5) is 11.5 Å². The molecule has 6 heteroatoms. The number of benzene rings is 2. The number of sulfonamides is 1. The Kier molecular flexibility index (Phi) is 5.46. The van der Waals surface area contributed by atoms with Crippen LogP contribution in [0.1, 0.15) is 22.3 Å². The molecule has 0 atom stereocenters. The summed E-state index contributed by atoms with van der Waals surface area (Å²) in [6.07, 6.45) is 1.51. The van der Waals surface area contributed by atoms with Crippen LogP contribution in [0.5, 0.6) is 0 Å². The highest BCUT2D eigenvalue weighted by Gasteiger charge is 2.17. The molecule has 0 saturated carbocycles. The Morgan fingerprint density at radius 1 is 0.926 bits per heavy atom. The third kappa shape index (κ3) is 4.86. The molecule has 5 nitrogen and oxygen atoms in total. The van der Waals surface area contributed by atoms with Gasteiger partial charge in [-0.25, -0.2) is 13.4 Å². The molecule has 0 aliphatic heterocycles. The molecular formula is C21H23N3O2S. The predicted molar refractivity (Wildman–Crippen MR) is 109 cm³/mol. The SMILES string of the molecule is Cc1cccc(CNc2ccc(NS(=O)(=O)c3ccc(C)cc3C)cn2)c1. The summed E-state index contributed by atoms with van der Waals surface area (Å²) in [6.45, 7) is 6.43. The van der Waals surface area contributed by atoms with Gasteiger partial charge >= 0.3 is 0 Å². The number of anilines is 2. The number of hydrogen-bond donors (Lipinski definition) is 2. The Morgan fingerprint density at radius 3 is 2.37 bits per heavy atom. The van der Waals surface area contributed by atoms with Crippen LogP contribution in [0.2, 0.25) is 0 Å². The fourth-order valence-corrected chi connectivity index (χ4v) is 4.16. The largest absolute Gasteiger partial charge is 0.366 e. The number of nitrogens with one attached hydrogen (secondary N) is 2. The topological polar surface area (TPSA) is 71.1 Å². The monoisotopic (exact) mass is 381 g/mol. The highest BCUT2D eigenvalue weighted by atomic mass is 32.2. The Hall–Kier alpha value is -2.86. The van der Waals surface area contributed by atoms with Gasteiger partial charge in [0.15, 0.2) is 0 Å². The van der Waals surface area contributed by atoms with E-state index in [2.05, 4.69) is 34.1 Å². The number of aromatic nitrogens is 1. The van der Waals surface area contributed by atoms with Crippen molar-refractivity contribution < 1.29 is 8.42 Å². The van der Waals surface area contributed by atoms with Crippen LogP contribution in [-0.4, -0.2) is 13.4 Å². The maximum atomic E-state index is 12.6. The minimum atomic E-state index is -3.64. The number of hydrogen-bond acceptors (Lipinski definition) is 4. The van der Waals surface area contributed by atoms with Gasteiger partial charge in [-0.2, -0.15) is 0 Å². The Morgan fingerprint density at radius 2 is 1.70 bits per heavy atom. The van der Waals surface area contributed by atoms with Crippen molar-refractivity contribution in [2.24, 2.45) is 0 Å². The Balaban J connectivity index is 1.68. The smallest absolute Gasteiger partial charge is 0.262 e. The van der Waals surface area contributed by atoms with E-state index in [1.165, 1.54) is 11.8 Å². The number of rotatable bonds is 6. The van der Waals surface area contributed by atoms with Crippen molar-refractivity contribution in [1.82, 2.24) is 4.98 Å². The highest BCUT2D eigenvalue weighted by molar-refractivity contribution is 7.92. The zero-order valence-corrected chi connectivity index (χ0v) is 16.5. The van der Waals surface area contributed by atoms with Crippen molar-refractivity contribution in [3.63, 3.8) is 0 Å². The first-order chi connectivity index (χ1) is 12.8. The van der Waals surface area contributed by atoms with Crippen LogP contribution in [0, 0.1) is 20.8 Å². The zero-order valence-electron chi connectivity index (χ0n) is 15.7. The minimum Gasteiger partial charge on any atom is -0.366 e. The molecule has 3 aromatic rings. The van der Waals surface area contributed by atoms with E-state index in [4.69, 9.17) is 0 Å². The van der Waals surface area contributed by atoms with E-state index in [-0.39, 0.29) is 4.90 Å². The lowest BCUT2D eigenvalue weighted by molar-refractivity contribution is 0.600. The van der Waals surface area contributed by atoms with E-state index in [0.717, 1.165) is 11.1 Å². The van der Waals surface area contributed by atoms with Crippen molar-refractivity contribution in [3.05, 3.63) is 83.0 Å². The quantitative estimate of drug-likeness (QED) is 0.663. The molecule has 0 fully saturated rings. The molecule has 0 amide bonds. The van der Waals surface area contributed by atoms with E-state index in [1.807, 2.05) is 25.1 Å². The Labute approximate surface area is 160 Å². The maximum Gasteiger partial charge on any atom is 0.262 e. The van der Waals surface area contributed by atoms with Gasteiger partial charge in [-0.1, -0.05) is 47.5 Å². The van der Waals surface area contributed by atoms with Gasteiger partial charge in [0.25, 0.3) is 10.0 Å². The first-order valence-electron chi connectivity index (χ1n) is 8.69. The average Bonchev–Trinajstić information content (AvgIpc) is 2.60. The molecule has 1 heterocycles. The van der Waals surface area contributed by atoms with Crippen LogP contribution < -0.4 is 10.0 Å². The van der Waals surface area contributed by atoms with Crippen LogP contribution in [0.3, 0.4) is 0 Å². The number of aryl methyl sites for hydroxylation is 3. The fraction of sp³-hybridized carbons (Fsp3) is 0.190. The first kappa shape index (κ1) is 18.9. The molecule has 0 aliphatic carbocycles. The lowest BCUT2D eigenvalue weighted by Crippen LogP contribution is -2.14. The molecule has 0 spiro atoms. The molecule has 0 aliphatic rings. The summed E-state index contributed by atoms with van der Waals surface area (Å²) >= 11 is 0. The van der Waals surface area contributed by atoms with Gasteiger partial charge in [-0.15, -0.1) is 0 Å². The lowest BCUT2D eigenvalue weighted by Gasteiger charge is -2.11. The van der Waals surface area contributed by atoms with Crippen LogP contribution in [0.25, 0.3) is 0 Å². The van der Waals surface area contributed by atoms with Gasteiger partial charge in [-0.05, 0) is 50.1 Å². The molecule has 0 saturated heterocycles. The Bertz CT molecular complexity index is 1050. The van der Waals surface area contributed by atoms with Crippen LogP contribution in [0.15, 0.2) is 65.7 Å². The van der Waals surface area contributed by atoms with Gasteiger partial charge in [0.1, 0.15) is 5.82 Å². The second-order valence-electron chi connectivity index (χ2n) is 6.65. The molecule has 27 heavy (non-hydrogen) atoms. The summed E-state index contributed by atoms with van der Waals surface area (Å²) in [5, 5.41) is 3.24. The molecular weight excluding hydrogens is 358 g/mol. The third-order valence-corrected chi connectivity index (χ3v) is 5.73. The molecule has 1 aromatic heterocycles. The van der Waals surface area contributed by atoms with Crippen LogP contribution in [-0.2, 0) is 16.6 Å². The summed E-state index contributed by atoms with van der Waals surface area (Å²) in [5.74, 6) is 0.686. The van der Waals surface area contributed by atoms with Crippen molar-refractivity contribution in [2.45, 2.75) is 32.2 Å². The predicted octanol–water partition coefficient (Wildman–Crippen LogP) is 4.42. The first-order valence-corrected chi connectivity index (χ1v) is 10.2.